The Bertz CT molecular complexity index is 433. The van der Waals surface area contributed by atoms with E-state index in [1.165, 1.54) is 12.8 Å². The van der Waals surface area contributed by atoms with Crippen LogP contribution in [0.4, 0.5) is 17.8 Å². The first-order valence-electron chi connectivity index (χ1n) is 7.26. The van der Waals surface area contributed by atoms with Crippen LogP contribution in [-0.4, -0.2) is 52.3 Å². The summed E-state index contributed by atoms with van der Waals surface area (Å²) in [6.07, 6.45) is 3.02. The minimum absolute atomic E-state index is 0.156. The van der Waals surface area contributed by atoms with E-state index in [9.17, 15) is 0 Å². The number of nitrogen functional groups attached to an aromatic ring is 1. The molecule has 20 heavy (non-hydrogen) atoms. The molecule has 7 nitrogen and oxygen atoms in total. The van der Waals surface area contributed by atoms with Gasteiger partial charge in [-0.25, -0.2) is 0 Å². The van der Waals surface area contributed by atoms with Gasteiger partial charge in [0.2, 0.25) is 17.8 Å². The maximum absolute atomic E-state index is 9.01. The summed E-state index contributed by atoms with van der Waals surface area (Å²) in [5.74, 6) is 1.52. The van der Waals surface area contributed by atoms with Gasteiger partial charge in [-0.15, -0.1) is 0 Å². The Morgan fingerprint density at radius 3 is 2.55 bits per heavy atom. The molecule has 2 rings (SSSR count). The van der Waals surface area contributed by atoms with E-state index in [4.69, 9.17) is 10.8 Å². The average molecular weight is 280 g/mol. The Balaban J connectivity index is 2.24. The molecule has 1 aliphatic rings. The molecule has 0 unspecified atom stereocenters. The lowest BCUT2D eigenvalue weighted by atomic mass is 10.3. The van der Waals surface area contributed by atoms with E-state index >= 15 is 0 Å². The van der Waals surface area contributed by atoms with Gasteiger partial charge in [0.1, 0.15) is 0 Å². The van der Waals surface area contributed by atoms with Gasteiger partial charge in [0.05, 0.1) is 0 Å². The lowest BCUT2D eigenvalue weighted by molar-refractivity contribution is 0.288. The molecule has 112 valence electrons. The van der Waals surface area contributed by atoms with Crippen molar-refractivity contribution in [2.24, 2.45) is 0 Å². The number of nitrogens with two attached hydrogens (primary N) is 1. The summed E-state index contributed by atoms with van der Waals surface area (Å²) in [5.41, 5.74) is 5.83. The zero-order valence-electron chi connectivity index (χ0n) is 12.3. The normalized spacial score (nSPS) is 15.1. The van der Waals surface area contributed by atoms with Crippen LogP contribution < -0.4 is 15.5 Å². The van der Waals surface area contributed by atoms with Crippen molar-refractivity contribution < 1.29 is 5.11 Å². The summed E-state index contributed by atoms with van der Waals surface area (Å²) in [4.78, 5) is 17.2. The molecule has 7 heteroatoms. The van der Waals surface area contributed by atoms with Gasteiger partial charge in [0, 0.05) is 32.3 Å². The summed E-state index contributed by atoms with van der Waals surface area (Å²) in [6.45, 7) is 6.96. The fraction of sp³-hybridized carbons (Fsp3) is 0.769. The number of nitrogens with zero attached hydrogens (tertiary/aromatic N) is 5. The highest BCUT2D eigenvalue weighted by Crippen LogP contribution is 2.20. The van der Waals surface area contributed by atoms with Crippen molar-refractivity contribution in [3.63, 3.8) is 0 Å². The van der Waals surface area contributed by atoms with Gasteiger partial charge in [-0.05, 0) is 33.1 Å². The largest absolute Gasteiger partial charge is 0.396 e. The summed E-state index contributed by atoms with van der Waals surface area (Å²) in [6, 6.07) is 0.245. The van der Waals surface area contributed by atoms with Gasteiger partial charge in [0.25, 0.3) is 0 Å². The van der Waals surface area contributed by atoms with Crippen LogP contribution in [0.2, 0.25) is 0 Å². The molecule has 0 amide bonds. The molecule has 0 aromatic carbocycles. The maximum atomic E-state index is 9.01. The quantitative estimate of drug-likeness (QED) is 0.790. The topological polar surface area (TPSA) is 91.4 Å². The fourth-order valence-corrected chi connectivity index (χ4v) is 2.39. The summed E-state index contributed by atoms with van der Waals surface area (Å²) < 4.78 is 0. The molecule has 1 aromatic heterocycles. The third kappa shape index (κ3) is 3.47. The highest BCUT2D eigenvalue weighted by Gasteiger charge is 2.20. The maximum Gasteiger partial charge on any atom is 0.232 e. The standard InChI is InChI=1S/C13H24N6O/c1-10(2)19(8-5-9-20)13-16-11(14)15-12(17-13)18-6-3-4-7-18/h10,20H,3-9H2,1-2H3,(H2,14,15,16,17). The number of anilines is 3. The second kappa shape index (κ2) is 6.69. The second-order valence-electron chi connectivity index (χ2n) is 5.35. The second-order valence-corrected chi connectivity index (χ2v) is 5.35. The minimum Gasteiger partial charge on any atom is -0.396 e. The monoisotopic (exact) mass is 280 g/mol. The first-order valence-corrected chi connectivity index (χ1v) is 7.26. The van der Waals surface area contributed by atoms with Crippen LogP contribution in [0.25, 0.3) is 0 Å². The van der Waals surface area contributed by atoms with E-state index in [0.717, 1.165) is 13.1 Å². The van der Waals surface area contributed by atoms with Crippen molar-refractivity contribution in [1.29, 1.82) is 0 Å². The number of aliphatic hydroxyl groups excluding tert-OH is 1. The third-order valence-corrected chi connectivity index (χ3v) is 3.46. The van der Waals surface area contributed by atoms with E-state index in [0.29, 0.717) is 24.9 Å². The smallest absolute Gasteiger partial charge is 0.232 e. The molecule has 0 radical (unpaired) electrons. The van der Waals surface area contributed by atoms with Crippen molar-refractivity contribution in [3.05, 3.63) is 0 Å². The first-order chi connectivity index (χ1) is 9.61. The van der Waals surface area contributed by atoms with Crippen molar-refractivity contribution in [2.75, 3.05) is 41.8 Å². The molecule has 1 aliphatic heterocycles. The molecular formula is C13H24N6O. The number of hydrogen-bond donors (Lipinski definition) is 2. The van der Waals surface area contributed by atoms with E-state index in [-0.39, 0.29) is 18.6 Å². The third-order valence-electron chi connectivity index (χ3n) is 3.46. The number of rotatable bonds is 6. The summed E-state index contributed by atoms with van der Waals surface area (Å²) >= 11 is 0. The first kappa shape index (κ1) is 14.8. The van der Waals surface area contributed by atoms with Crippen LogP contribution in [0, 0.1) is 0 Å². The predicted molar refractivity (Wildman–Crippen MR) is 79.9 cm³/mol. The minimum atomic E-state index is 0.156. The van der Waals surface area contributed by atoms with Crippen molar-refractivity contribution in [2.45, 2.75) is 39.2 Å². The molecule has 0 aliphatic carbocycles. The van der Waals surface area contributed by atoms with Gasteiger partial charge >= 0.3 is 0 Å². The Hall–Kier alpha value is -1.63. The molecule has 3 N–H and O–H groups in total. The zero-order valence-corrected chi connectivity index (χ0v) is 12.3. The van der Waals surface area contributed by atoms with Gasteiger partial charge in [0.15, 0.2) is 0 Å². The van der Waals surface area contributed by atoms with Gasteiger partial charge in [-0.2, -0.15) is 15.0 Å². The van der Waals surface area contributed by atoms with Gasteiger partial charge in [-0.3, -0.25) is 0 Å². The van der Waals surface area contributed by atoms with Crippen LogP contribution in [0.1, 0.15) is 33.1 Å². The molecule has 1 saturated heterocycles. The Labute approximate surface area is 119 Å². The SMILES string of the molecule is CC(C)N(CCCO)c1nc(N)nc(N2CCCC2)n1. The zero-order chi connectivity index (χ0) is 14.5. The van der Waals surface area contributed by atoms with Crippen molar-refractivity contribution in [1.82, 2.24) is 15.0 Å². The Morgan fingerprint density at radius 2 is 1.95 bits per heavy atom. The summed E-state index contributed by atoms with van der Waals surface area (Å²) in [5, 5.41) is 9.01. The van der Waals surface area contributed by atoms with E-state index < -0.39 is 0 Å². The van der Waals surface area contributed by atoms with E-state index in [2.05, 4.69) is 33.7 Å². The molecular weight excluding hydrogens is 256 g/mol. The Morgan fingerprint density at radius 1 is 1.25 bits per heavy atom. The predicted octanol–water partition coefficient (Wildman–Crippen LogP) is 0.651. The van der Waals surface area contributed by atoms with Crippen LogP contribution in [0.5, 0.6) is 0 Å². The molecule has 1 aromatic rings. The van der Waals surface area contributed by atoms with E-state index in [1.807, 2.05) is 4.90 Å². The molecule has 0 saturated carbocycles. The number of aromatic nitrogens is 3. The van der Waals surface area contributed by atoms with Crippen LogP contribution in [0.3, 0.4) is 0 Å². The van der Waals surface area contributed by atoms with Crippen LogP contribution in [-0.2, 0) is 0 Å². The Kier molecular flexibility index (Phi) is 4.94. The average Bonchev–Trinajstić information content (AvgIpc) is 2.92. The molecule has 0 bridgehead atoms. The summed E-state index contributed by atoms with van der Waals surface area (Å²) in [7, 11) is 0. The molecule has 1 fully saturated rings. The molecule has 2 heterocycles. The fourth-order valence-electron chi connectivity index (χ4n) is 2.39. The number of hydrogen-bond acceptors (Lipinski definition) is 7. The molecule has 0 spiro atoms. The lowest BCUT2D eigenvalue weighted by Crippen LogP contribution is -2.34. The van der Waals surface area contributed by atoms with Crippen molar-refractivity contribution >= 4 is 17.8 Å². The van der Waals surface area contributed by atoms with Gasteiger partial charge < -0.3 is 20.6 Å². The number of aliphatic hydroxyl groups is 1. The van der Waals surface area contributed by atoms with Crippen LogP contribution >= 0.6 is 0 Å². The van der Waals surface area contributed by atoms with E-state index in [1.54, 1.807) is 0 Å². The van der Waals surface area contributed by atoms with Crippen LogP contribution in [0.15, 0.2) is 0 Å². The lowest BCUT2D eigenvalue weighted by Gasteiger charge is -2.27. The highest BCUT2D eigenvalue weighted by molar-refractivity contribution is 5.44. The van der Waals surface area contributed by atoms with Crippen molar-refractivity contribution in [3.8, 4) is 0 Å². The molecule has 0 atom stereocenters. The highest BCUT2D eigenvalue weighted by atomic mass is 16.3. The van der Waals surface area contributed by atoms with Gasteiger partial charge in [-0.1, -0.05) is 0 Å².